The molecule has 4 heterocycles. The van der Waals surface area contributed by atoms with E-state index in [2.05, 4.69) is 20.5 Å². The van der Waals surface area contributed by atoms with Gasteiger partial charge in [0.1, 0.15) is 10.7 Å². The molecule has 4 rings (SSSR count). The van der Waals surface area contributed by atoms with Crippen LogP contribution in [0, 0.1) is 6.92 Å². The van der Waals surface area contributed by atoms with Crippen LogP contribution in [-0.4, -0.2) is 36.6 Å². The summed E-state index contributed by atoms with van der Waals surface area (Å²) in [7, 11) is 1.65. The van der Waals surface area contributed by atoms with Gasteiger partial charge in [0.15, 0.2) is 5.65 Å². The number of thiophene rings is 1. The number of carbonyl (C=O) groups is 1. The molecule has 8 nitrogen and oxygen atoms in total. The number of fused-ring (bicyclic) bond motifs is 2. The van der Waals surface area contributed by atoms with Crippen LogP contribution in [0.15, 0.2) is 35.5 Å². The Labute approximate surface area is 152 Å². The minimum absolute atomic E-state index is 0.141. The number of aryl methyl sites for hydroxylation is 2. The number of nitrogens with zero attached hydrogens (tertiary/aromatic N) is 5. The third-order valence-electron chi connectivity index (χ3n) is 4.24. The van der Waals surface area contributed by atoms with Crippen LogP contribution in [0.3, 0.4) is 0 Å². The number of pyridine rings is 1. The predicted octanol–water partition coefficient (Wildman–Crippen LogP) is 1.32. The van der Waals surface area contributed by atoms with Crippen molar-refractivity contribution in [3.8, 4) is 0 Å². The number of hydrogen-bond acceptors (Lipinski definition) is 6. The number of hydrogen-bond donors (Lipinski definition) is 1. The molecule has 1 N–H and O–H groups in total. The highest BCUT2D eigenvalue weighted by molar-refractivity contribution is 7.20. The molecule has 132 valence electrons. The van der Waals surface area contributed by atoms with E-state index >= 15 is 0 Å². The number of nitrogens with one attached hydrogen (secondary N) is 1. The van der Waals surface area contributed by atoms with E-state index in [9.17, 15) is 9.59 Å². The Kier molecular flexibility index (Phi) is 4.00. The lowest BCUT2D eigenvalue weighted by molar-refractivity contribution is 0.0957. The van der Waals surface area contributed by atoms with Gasteiger partial charge in [-0.15, -0.1) is 21.5 Å². The van der Waals surface area contributed by atoms with Gasteiger partial charge in [-0.05, 0) is 24.6 Å². The molecule has 0 unspecified atom stereocenters. The summed E-state index contributed by atoms with van der Waals surface area (Å²) in [5, 5.41) is 11.6. The Bertz CT molecular complexity index is 1190. The van der Waals surface area contributed by atoms with Crippen LogP contribution in [0.4, 0.5) is 0 Å². The SMILES string of the molecule is Cc1c(C(=O)NCCc2nnc3ccccn23)sc2ncn(C)c(=O)c12. The fourth-order valence-corrected chi connectivity index (χ4v) is 3.91. The van der Waals surface area contributed by atoms with Crippen molar-refractivity contribution in [3.63, 3.8) is 0 Å². The van der Waals surface area contributed by atoms with Gasteiger partial charge >= 0.3 is 0 Å². The van der Waals surface area contributed by atoms with Gasteiger partial charge in [0.25, 0.3) is 11.5 Å². The van der Waals surface area contributed by atoms with Crippen LogP contribution in [0.5, 0.6) is 0 Å². The second kappa shape index (κ2) is 6.34. The minimum Gasteiger partial charge on any atom is -0.351 e. The molecule has 1 amide bonds. The van der Waals surface area contributed by atoms with Gasteiger partial charge in [-0.25, -0.2) is 4.98 Å². The Morgan fingerprint density at radius 2 is 2.15 bits per heavy atom. The lowest BCUT2D eigenvalue weighted by Crippen LogP contribution is -2.26. The van der Waals surface area contributed by atoms with Crippen molar-refractivity contribution >= 4 is 33.1 Å². The summed E-state index contributed by atoms with van der Waals surface area (Å²) in [6, 6.07) is 5.69. The van der Waals surface area contributed by atoms with Crippen molar-refractivity contribution in [2.75, 3.05) is 6.54 Å². The third-order valence-corrected chi connectivity index (χ3v) is 5.43. The maximum absolute atomic E-state index is 12.5. The van der Waals surface area contributed by atoms with E-state index in [1.807, 2.05) is 28.8 Å². The molecule has 26 heavy (non-hydrogen) atoms. The van der Waals surface area contributed by atoms with E-state index in [1.54, 1.807) is 14.0 Å². The van der Waals surface area contributed by atoms with Gasteiger partial charge in [-0.1, -0.05) is 6.07 Å². The number of carbonyl (C=O) groups excluding carboxylic acids is 1. The van der Waals surface area contributed by atoms with Crippen molar-refractivity contribution in [1.29, 1.82) is 0 Å². The molecular formula is C17H16N6O2S. The molecule has 0 bridgehead atoms. The van der Waals surface area contributed by atoms with E-state index in [1.165, 1.54) is 22.2 Å². The van der Waals surface area contributed by atoms with Gasteiger partial charge in [0.2, 0.25) is 0 Å². The van der Waals surface area contributed by atoms with Gasteiger partial charge in [0.05, 0.1) is 16.6 Å². The van der Waals surface area contributed by atoms with Gasteiger partial charge in [0, 0.05) is 26.2 Å². The molecule has 0 aliphatic carbocycles. The topological polar surface area (TPSA) is 94.2 Å². The first kappa shape index (κ1) is 16.4. The zero-order valence-corrected chi connectivity index (χ0v) is 15.1. The molecule has 4 aromatic heterocycles. The molecule has 0 radical (unpaired) electrons. The Morgan fingerprint density at radius 3 is 3.00 bits per heavy atom. The van der Waals surface area contributed by atoms with Crippen LogP contribution in [0.1, 0.15) is 21.1 Å². The monoisotopic (exact) mass is 368 g/mol. The van der Waals surface area contributed by atoms with Crippen LogP contribution >= 0.6 is 11.3 Å². The summed E-state index contributed by atoms with van der Waals surface area (Å²) < 4.78 is 3.31. The maximum atomic E-state index is 12.5. The summed E-state index contributed by atoms with van der Waals surface area (Å²) in [6.07, 6.45) is 3.92. The normalized spacial score (nSPS) is 11.3. The fraction of sp³-hybridized carbons (Fsp3) is 0.235. The average Bonchev–Trinajstić information content (AvgIpc) is 3.20. The molecule has 0 spiro atoms. The van der Waals surface area contributed by atoms with Crippen LogP contribution in [0.25, 0.3) is 15.9 Å². The molecule has 0 saturated heterocycles. The molecule has 0 aromatic carbocycles. The Morgan fingerprint density at radius 1 is 1.31 bits per heavy atom. The summed E-state index contributed by atoms with van der Waals surface area (Å²) in [5.74, 6) is 0.575. The molecule has 0 saturated carbocycles. The van der Waals surface area contributed by atoms with E-state index in [0.29, 0.717) is 33.6 Å². The van der Waals surface area contributed by atoms with Crippen LogP contribution in [-0.2, 0) is 13.5 Å². The molecule has 4 aromatic rings. The van der Waals surface area contributed by atoms with Gasteiger partial charge < -0.3 is 9.88 Å². The van der Waals surface area contributed by atoms with E-state index in [0.717, 1.165) is 11.5 Å². The lowest BCUT2D eigenvalue weighted by Gasteiger charge is -2.04. The second-order valence-corrected chi connectivity index (χ2v) is 6.95. The molecule has 0 fully saturated rings. The van der Waals surface area contributed by atoms with Crippen molar-refractivity contribution < 1.29 is 4.79 Å². The highest BCUT2D eigenvalue weighted by atomic mass is 32.1. The van der Waals surface area contributed by atoms with Crippen molar-refractivity contribution in [2.45, 2.75) is 13.3 Å². The Hall–Kier alpha value is -3.07. The van der Waals surface area contributed by atoms with E-state index in [-0.39, 0.29) is 11.5 Å². The highest BCUT2D eigenvalue weighted by Crippen LogP contribution is 2.26. The minimum atomic E-state index is -0.207. The first-order chi connectivity index (χ1) is 12.6. The quantitative estimate of drug-likeness (QED) is 0.586. The summed E-state index contributed by atoms with van der Waals surface area (Å²) >= 11 is 1.24. The average molecular weight is 368 g/mol. The first-order valence-corrected chi connectivity index (χ1v) is 8.89. The largest absolute Gasteiger partial charge is 0.351 e. The third kappa shape index (κ3) is 2.66. The van der Waals surface area contributed by atoms with E-state index < -0.39 is 0 Å². The first-order valence-electron chi connectivity index (χ1n) is 8.08. The number of amides is 1. The standard InChI is InChI=1S/C17H16N6O2S/c1-10-13-16(19-9-22(2)17(13)25)26-14(10)15(24)18-7-6-12-21-20-11-5-3-4-8-23(11)12/h3-5,8-9H,6-7H2,1-2H3,(H,18,24). The van der Waals surface area contributed by atoms with Crippen molar-refractivity contribution in [1.82, 2.24) is 29.5 Å². The van der Waals surface area contributed by atoms with Crippen LogP contribution < -0.4 is 10.9 Å². The second-order valence-electron chi connectivity index (χ2n) is 5.95. The fourth-order valence-electron chi connectivity index (χ4n) is 2.85. The highest BCUT2D eigenvalue weighted by Gasteiger charge is 2.18. The van der Waals surface area contributed by atoms with Gasteiger partial charge in [-0.2, -0.15) is 0 Å². The molecule has 0 atom stereocenters. The molecular weight excluding hydrogens is 352 g/mol. The summed E-state index contributed by atoms with van der Waals surface area (Å²) in [6.45, 7) is 2.20. The zero-order chi connectivity index (χ0) is 18.3. The Balaban J connectivity index is 1.52. The van der Waals surface area contributed by atoms with Crippen LogP contribution in [0.2, 0.25) is 0 Å². The number of rotatable bonds is 4. The molecule has 9 heteroatoms. The molecule has 0 aliphatic rings. The van der Waals surface area contributed by atoms with Crippen molar-refractivity contribution in [3.05, 3.63) is 57.3 Å². The predicted molar refractivity (Wildman–Crippen MR) is 98.6 cm³/mol. The van der Waals surface area contributed by atoms with Gasteiger partial charge in [-0.3, -0.25) is 14.0 Å². The van der Waals surface area contributed by atoms with E-state index in [4.69, 9.17) is 0 Å². The smallest absolute Gasteiger partial charge is 0.262 e. The lowest BCUT2D eigenvalue weighted by atomic mass is 10.2. The molecule has 0 aliphatic heterocycles. The summed E-state index contributed by atoms with van der Waals surface area (Å²) in [5.41, 5.74) is 1.30. The summed E-state index contributed by atoms with van der Waals surface area (Å²) in [4.78, 5) is 30.1. The zero-order valence-electron chi connectivity index (χ0n) is 14.3. The van der Waals surface area contributed by atoms with Crippen molar-refractivity contribution in [2.24, 2.45) is 7.05 Å². The number of aromatic nitrogens is 5. The maximum Gasteiger partial charge on any atom is 0.262 e.